The third kappa shape index (κ3) is 3.77. The number of aromatic nitrogens is 2. The van der Waals surface area contributed by atoms with Crippen LogP contribution < -0.4 is 5.32 Å². The standard InChI is InChI=1S/C14H16ClN3OS/c1-14(2,3)11-4-9(5-12(15)18-11)13(19)16-6-10-7-20-8-17-10/h4-5,7-8H,6H2,1-3H3,(H,16,19). The molecular formula is C14H16ClN3OS. The minimum atomic E-state index is -0.173. The number of nitrogens with one attached hydrogen (secondary N) is 1. The number of amides is 1. The fourth-order valence-electron chi connectivity index (χ4n) is 1.61. The lowest BCUT2D eigenvalue weighted by atomic mass is 9.91. The largest absolute Gasteiger partial charge is 0.346 e. The number of carbonyl (C=O) groups excluding carboxylic acids is 1. The number of nitrogens with zero attached hydrogens (tertiary/aromatic N) is 2. The highest BCUT2D eigenvalue weighted by molar-refractivity contribution is 7.07. The first kappa shape index (κ1) is 14.9. The molecule has 0 spiro atoms. The SMILES string of the molecule is CC(C)(C)c1cc(C(=O)NCc2cscn2)cc(Cl)n1. The van der Waals surface area contributed by atoms with E-state index in [4.69, 9.17) is 11.6 Å². The van der Waals surface area contributed by atoms with Crippen LogP contribution in [0.3, 0.4) is 0 Å². The Labute approximate surface area is 127 Å². The van der Waals surface area contributed by atoms with Gasteiger partial charge < -0.3 is 5.32 Å². The fourth-order valence-corrected chi connectivity index (χ4v) is 2.38. The third-order valence-electron chi connectivity index (χ3n) is 2.74. The molecule has 0 radical (unpaired) electrons. The zero-order valence-electron chi connectivity index (χ0n) is 11.6. The van der Waals surface area contributed by atoms with Crippen molar-refractivity contribution in [3.05, 3.63) is 45.1 Å². The van der Waals surface area contributed by atoms with E-state index in [0.717, 1.165) is 11.4 Å². The van der Waals surface area contributed by atoms with E-state index in [1.54, 1.807) is 17.6 Å². The van der Waals surface area contributed by atoms with Gasteiger partial charge in [-0.15, -0.1) is 11.3 Å². The number of hydrogen-bond donors (Lipinski definition) is 1. The Morgan fingerprint density at radius 1 is 1.40 bits per heavy atom. The van der Waals surface area contributed by atoms with Crippen molar-refractivity contribution in [2.45, 2.75) is 32.7 Å². The van der Waals surface area contributed by atoms with Crippen LogP contribution in [0, 0.1) is 0 Å². The van der Waals surface area contributed by atoms with Crippen molar-refractivity contribution in [3.8, 4) is 0 Å². The number of rotatable bonds is 3. The minimum absolute atomic E-state index is 0.158. The van der Waals surface area contributed by atoms with Crippen molar-refractivity contribution in [2.24, 2.45) is 0 Å². The monoisotopic (exact) mass is 309 g/mol. The Kier molecular flexibility index (Phi) is 4.40. The molecule has 2 aromatic rings. The van der Waals surface area contributed by atoms with Gasteiger partial charge in [0.15, 0.2) is 0 Å². The van der Waals surface area contributed by atoms with Crippen molar-refractivity contribution in [3.63, 3.8) is 0 Å². The molecule has 0 fully saturated rings. The highest BCUT2D eigenvalue weighted by atomic mass is 35.5. The molecule has 0 unspecified atom stereocenters. The van der Waals surface area contributed by atoms with Crippen molar-refractivity contribution >= 4 is 28.8 Å². The molecule has 20 heavy (non-hydrogen) atoms. The summed E-state index contributed by atoms with van der Waals surface area (Å²) in [6.45, 7) is 6.50. The molecule has 6 heteroatoms. The Bertz CT molecular complexity index is 605. The summed E-state index contributed by atoms with van der Waals surface area (Å²) in [4.78, 5) is 20.5. The quantitative estimate of drug-likeness (QED) is 0.884. The Hall–Kier alpha value is -1.46. The van der Waals surface area contributed by atoms with Gasteiger partial charge in [0.25, 0.3) is 5.91 Å². The summed E-state index contributed by atoms with van der Waals surface area (Å²) in [6.07, 6.45) is 0. The van der Waals surface area contributed by atoms with Crippen LogP contribution in [0.15, 0.2) is 23.0 Å². The maximum atomic E-state index is 12.1. The summed E-state index contributed by atoms with van der Waals surface area (Å²) >= 11 is 7.50. The second-order valence-corrected chi connectivity index (χ2v) is 6.58. The van der Waals surface area contributed by atoms with Gasteiger partial charge >= 0.3 is 0 Å². The van der Waals surface area contributed by atoms with Crippen LogP contribution in [0.5, 0.6) is 0 Å². The first-order valence-corrected chi connectivity index (χ1v) is 7.51. The number of thiazole rings is 1. The first-order valence-electron chi connectivity index (χ1n) is 6.19. The van der Waals surface area contributed by atoms with Crippen LogP contribution in [-0.4, -0.2) is 15.9 Å². The Balaban J connectivity index is 2.15. The molecule has 0 aliphatic rings. The molecule has 0 bridgehead atoms. The molecular weight excluding hydrogens is 294 g/mol. The Morgan fingerprint density at radius 2 is 2.15 bits per heavy atom. The number of hydrogen-bond acceptors (Lipinski definition) is 4. The van der Waals surface area contributed by atoms with Crippen LogP contribution >= 0.6 is 22.9 Å². The number of carbonyl (C=O) groups is 1. The summed E-state index contributed by atoms with van der Waals surface area (Å²) < 4.78 is 0. The molecule has 0 aliphatic carbocycles. The maximum absolute atomic E-state index is 12.1. The van der Waals surface area contributed by atoms with Gasteiger partial charge in [-0.05, 0) is 12.1 Å². The summed E-state index contributed by atoms with van der Waals surface area (Å²) in [5.41, 5.74) is 3.74. The molecule has 0 atom stereocenters. The van der Waals surface area contributed by atoms with E-state index in [-0.39, 0.29) is 11.3 Å². The highest BCUT2D eigenvalue weighted by Crippen LogP contribution is 2.23. The van der Waals surface area contributed by atoms with E-state index in [1.807, 2.05) is 26.2 Å². The predicted molar refractivity (Wildman–Crippen MR) is 81.2 cm³/mol. The fraction of sp³-hybridized carbons (Fsp3) is 0.357. The minimum Gasteiger partial charge on any atom is -0.346 e. The van der Waals surface area contributed by atoms with Gasteiger partial charge in [-0.1, -0.05) is 32.4 Å². The number of halogens is 1. The van der Waals surface area contributed by atoms with Gasteiger partial charge in [0, 0.05) is 22.1 Å². The predicted octanol–water partition coefficient (Wildman–Crippen LogP) is 3.42. The number of pyridine rings is 1. The molecule has 2 aromatic heterocycles. The van der Waals surface area contributed by atoms with Crippen LogP contribution in [0.25, 0.3) is 0 Å². The van der Waals surface area contributed by atoms with E-state index in [1.165, 1.54) is 11.3 Å². The van der Waals surface area contributed by atoms with Crippen LogP contribution in [0.4, 0.5) is 0 Å². The van der Waals surface area contributed by atoms with E-state index in [2.05, 4.69) is 15.3 Å². The topological polar surface area (TPSA) is 54.9 Å². The Morgan fingerprint density at radius 3 is 2.75 bits per heavy atom. The average molecular weight is 310 g/mol. The molecule has 4 nitrogen and oxygen atoms in total. The van der Waals surface area contributed by atoms with Gasteiger partial charge in [-0.25, -0.2) is 9.97 Å². The van der Waals surface area contributed by atoms with Crippen LogP contribution in [-0.2, 0) is 12.0 Å². The first-order chi connectivity index (χ1) is 9.36. The van der Waals surface area contributed by atoms with Crippen LogP contribution in [0.2, 0.25) is 5.15 Å². The molecule has 0 saturated carbocycles. The highest BCUT2D eigenvalue weighted by Gasteiger charge is 2.18. The summed E-state index contributed by atoms with van der Waals surface area (Å²) in [5, 5.41) is 5.06. The van der Waals surface area contributed by atoms with Crippen molar-refractivity contribution in [2.75, 3.05) is 0 Å². The second-order valence-electron chi connectivity index (χ2n) is 5.48. The normalized spacial score (nSPS) is 11.4. The molecule has 2 heterocycles. The molecule has 1 N–H and O–H groups in total. The van der Waals surface area contributed by atoms with Gasteiger partial charge in [0.1, 0.15) is 5.15 Å². The van der Waals surface area contributed by atoms with Gasteiger partial charge in [0.2, 0.25) is 0 Å². The van der Waals surface area contributed by atoms with Crippen molar-refractivity contribution < 1.29 is 4.79 Å². The van der Waals surface area contributed by atoms with E-state index >= 15 is 0 Å². The van der Waals surface area contributed by atoms with Crippen LogP contribution in [0.1, 0.15) is 42.5 Å². The zero-order valence-corrected chi connectivity index (χ0v) is 13.2. The molecule has 0 aromatic carbocycles. The van der Waals surface area contributed by atoms with Crippen molar-refractivity contribution in [1.82, 2.24) is 15.3 Å². The lowest BCUT2D eigenvalue weighted by Gasteiger charge is -2.18. The molecule has 2 rings (SSSR count). The molecule has 0 saturated heterocycles. The second kappa shape index (κ2) is 5.89. The third-order valence-corrected chi connectivity index (χ3v) is 3.57. The van der Waals surface area contributed by atoms with E-state index in [0.29, 0.717) is 17.3 Å². The molecule has 1 amide bonds. The lowest BCUT2D eigenvalue weighted by Crippen LogP contribution is -2.24. The molecule has 106 valence electrons. The van der Waals surface area contributed by atoms with Crippen molar-refractivity contribution in [1.29, 1.82) is 0 Å². The van der Waals surface area contributed by atoms with Gasteiger partial charge in [0.05, 0.1) is 17.7 Å². The zero-order chi connectivity index (χ0) is 14.8. The summed E-state index contributed by atoms with van der Waals surface area (Å²) in [5.74, 6) is -0.173. The smallest absolute Gasteiger partial charge is 0.251 e. The van der Waals surface area contributed by atoms with E-state index < -0.39 is 0 Å². The van der Waals surface area contributed by atoms with Gasteiger partial charge in [-0.2, -0.15) is 0 Å². The molecule has 0 aliphatic heterocycles. The summed E-state index contributed by atoms with van der Waals surface area (Å²) in [7, 11) is 0. The maximum Gasteiger partial charge on any atom is 0.251 e. The lowest BCUT2D eigenvalue weighted by molar-refractivity contribution is 0.0950. The van der Waals surface area contributed by atoms with Gasteiger partial charge in [-0.3, -0.25) is 4.79 Å². The van der Waals surface area contributed by atoms with E-state index in [9.17, 15) is 4.79 Å². The summed E-state index contributed by atoms with van der Waals surface area (Å²) in [6, 6.07) is 3.36. The average Bonchev–Trinajstić information content (AvgIpc) is 2.87.